The van der Waals surface area contributed by atoms with Crippen molar-refractivity contribution in [2.75, 3.05) is 7.11 Å². The molecular weight excluding hydrogens is 224 g/mol. The van der Waals surface area contributed by atoms with Crippen LogP contribution in [0.25, 0.3) is 0 Å². The Hall–Kier alpha value is -1.31. The van der Waals surface area contributed by atoms with Gasteiger partial charge in [0.1, 0.15) is 5.75 Å². The summed E-state index contributed by atoms with van der Waals surface area (Å²) in [5, 5.41) is 0. The Balaban J connectivity index is 3.10. The average molecular weight is 248 g/mol. The molecule has 0 aliphatic carbocycles. The Morgan fingerprint density at radius 3 is 2.44 bits per heavy atom. The molecule has 2 heteroatoms. The molecular formula is C16H24O2. The molecule has 0 radical (unpaired) electrons. The summed E-state index contributed by atoms with van der Waals surface area (Å²) in [7, 11) is 1.61. The summed E-state index contributed by atoms with van der Waals surface area (Å²) in [5.74, 6) is 0.865. The highest BCUT2D eigenvalue weighted by Crippen LogP contribution is 2.29. The molecule has 0 bridgehead atoms. The number of benzene rings is 1. The smallest absolute Gasteiger partial charge is 0.166 e. The fourth-order valence-corrected chi connectivity index (χ4v) is 1.86. The van der Waals surface area contributed by atoms with Crippen molar-refractivity contribution in [2.24, 2.45) is 0 Å². The summed E-state index contributed by atoms with van der Waals surface area (Å²) in [5.41, 5.74) is 1.94. The van der Waals surface area contributed by atoms with Crippen molar-refractivity contribution in [3.8, 4) is 5.75 Å². The number of unbranched alkanes of at least 4 members (excludes halogenated alkanes) is 1. The summed E-state index contributed by atoms with van der Waals surface area (Å²) >= 11 is 0. The van der Waals surface area contributed by atoms with Gasteiger partial charge in [-0.25, -0.2) is 0 Å². The fraction of sp³-hybridized carbons (Fsp3) is 0.562. The lowest BCUT2D eigenvalue weighted by molar-refractivity contribution is 0.0976. The van der Waals surface area contributed by atoms with Gasteiger partial charge in [0.2, 0.25) is 0 Å². The van der Waals surface area contributed by atoms with Gasteiger partial charge < -0.3 is 4.74 Å². The standard InChI is InChI=1S/C16H24O2/c1-6-7-8-14(17)13-11-12(16(2,3)4)9-10-15(13)18-5/h9-11H,6-8H2,1-5H3. The second kappa shape index (κ2) is 6.03. The van der Waals surface area contributed by atoms with Gasteiger partial charge in [-0.1, -0.05) is 40.2 Å². The molecule has 1 aromatic rings. The Morgan fingerprint density at radius 2 is 1.94 bits per heavy atom. The largest absolute Gasteiger partial charge is 0.496 e. The lowest BCUT2D eigenvalue weighted by atomic mass is 9.85. The topological polar surface area (TPSA) is 26.3 Å². The molecule has 2 nitrogen and oxygen atoms in total. The third-order valence-electron chi connectivity index (χ3n) is 3.12. The Kier molecular flexibility index (Phi) is 4.94. The van der Waals surface area contributed by atoms with E-state index in [1.54, 1.807) is 7.11 Å². The van der Waals surface area contributed by atoms with Crippen LogP contribution in [-0.2, 0) is 5.41 Å². The Bertz CT molecular complexity index is 414. The lowest BCUT2D eigenvalue weighted by Crippen LogP contribution is -2.13. The first-order valence-corrected chi connectivity index (χ1v) is 6.62. The van der Waals surface area contributed by atoms with Crippen molar-refractivity contribution in [1.82, 2.24) is 0 Å². The van der Waals surface area contributed by atoms with Gasteiger partial charge in [-0.15, -0.1) is 0 Å². The number of methoxy groups -OCH3 is 1. The average Bonchev–Trinajstić information content (AvgIpc) is 2.34. The van der Waals surface area contributed by atoms with Crippen LogP contribution < -0.4 is 4.74 Å². The molecule has 100 valence electrons. The van der Waals surface area contributed by atoms with Gasteiger partial charge in [0.05, 0.1) is 12.7 Å². The predicted molar refractivity (Wildman–Crippen MR) is 75.5 cm³/mol. The maximum absolute atomic E-state index is 12.2. The van der Waals surface area contributed by atoms with Crippen LogP contribution >= 0.6 is 0 Å². The number of hydrogen-bond acceptors (Lipinski definition) is 2. The van der Waals surface area contributed by atoms with Crippen molar-refractivity contribution in [2.45, 2.75) is 52.4 Å². The van der Waals surface area contributed by atoms with E-state index in [-0.39, 0.29) is 11.2 Å². The normalized spacial score (nSPS) is 11.4. The van der Waals surface area contributed by atoms with E-state index < -0.39 is 0 Å². The molecule has 0 spiro atoms. The first kappa shape index (κ1) is 14.7. The van der Waals surface area contributed by atoms with Gasteiger partial charge in [-0.2, -0.15) is 0 Å². The van der Waals surface area contributed by atoms with Crippen LogP contribution in [0.3, 0.4) is 0 Å². The third kappa shape index (κ3) is 3.59. The molecule has 0 fully saturated rings. The highest BCUT2D eigenvalue weighted by atomic mass is 16.5. The number of carbonyl (C=O) groups excluding carboxylic acids is 1. The van der Waals surface area contributed by atoms with Crippen molar-refractivity contribution in [3.05, 3.63) is 29.3 Å². The highest BCUT2D eigenvalue weighted by molar-refractivity contribution is 5.98. The molecule has 0 amide bonds. The van der Waals surface area contributed by atoms with Gasteiger partial charge in [0.25, 0.3) is 0 Å². The summed E-state index contributed by atoms with van der Waals surface area (Å²) in [6.45, 7) is 8.54. The van der Waals surface area contributed by atoms with Gasteiger partial charge in [-0.05, 0) is 29.5 Å². The molecule has 1 rings (SSSR count). The summed E-state index contributed by atoms with van der Waals surface area (Å²) in [6.07, 6.45) is 2.56. The Morgan fingerprint density at radius 1 is 1.28 bits per heavy atom. The summed E-state index contributed by atoms with van der Waals surface area (Å²) in [6, 6.07) is 5.92. The molecule has 0 saturated heterocycles. The van der Waals surface area contributed by atoms with Crippen LogP contribution in [0.4, 0.5) is 0 Å². The molecule has 0 heterocycles. The number of Topliss-reactive ketones (excluding diaryl/α,β-unsaturated/α-hetero) is 1. The van der Waals surface area contributed by atoms with Crippen LogP contribution in [-0.4, -0.2) is 12.9 Å². The quantitative estimate of drug-likeness (QED) is 0.723. The zero-order valence-electron chi connectivity index (χ0n) is 12.2. The number of carbonyl (C=O) groups is 1. The zero-order valence-corrected chi connectivity index (χ0v) is 12.2. The molecule has 0 aliphatic rings. The van der Waals surface area contributed by atoms with E-state index in [1.165, 1.54) is 5.56 Å². The first-order chi connectivity index (χ1) is 8.40. The van der Waals surface area contributed by atoms with E-state index in [2.05, 4.69) is 27.7 Å². The van der Waals surface area contributed by atoms with Crippen LogP contribution in [0.5, 0.6) is 5.75 Å². The number of ether oxygens (including phenoxy) is 1. The molecule has 0 atom stereocenters. The summed E-state index contributed by atoms with van der Waals surface area (Å²) in [4.78, 5) is 12.2. The van der Waals surface area contributed by atoms with E-state index in [0.29, 0.717) is 12.2 Å². The van der Waals surface area contributed by atoms with Crippen molar-refractivity contribution in [1.29, 1.82) is 0 Å². The van der Waals surface area contributed by atoms with Gasteiger partial charge in [-0.3, -0.25) is 4.79 Å². The minimum absolute atomic E-state index is 0.0477. The second-order valence-electron chi connectivity index (χ2n) is 5.69. The van der Waals surface area contributed by atoms with Crippen molar-refractivity contribution >= 4 is 5.78 Å². The molecule has 0 unspecified atom stereocenters. The molecule has 0 saturated carbocycles. The van der Waals surface area contributed by atoms with E-state index in [4.69, 9.17) is 4.74 Å². The third-order valence-corrected chi connectivity index (χ3v) is 3.12. The van der Waals surface area contributed by atoms with Crippen LogP contribution in [0, 0.1) is 0 Å². The van der Waals surface area contributed by atoms with E-state index in [9.17, 15) is 4.79 Å². The zero-order chi connectivity index (χ0) is 13.8. The summed E-state index contributed by atoms with van der Waals surface area (Å²) < 4.78 is 5.29. The molecule has 0 N–H and O–H groups in total. The molecule has 1 aromatic carbocycles. The van der Waals surface area contributed by atoms with Gasteiger partial charge in [0, 0.05) is 6.42 Å². The van der Waals surface area contributed by atoms with Crippen LogP contribution in [0.15, 0.2) is 18.2 Å². The van der Waals surface area contributed by atoms with Crippen LogP contribution in [0.2, 0.25) is 0 Å². The minimum Gasteiger partial charge on any atom is -0.496 e. The lowest BCUT2D eigenvalue weighted by Gasteiger charge is -2.20. The van der Waals surface area contributed by atoms with E-state index >= 15 is 0 Å². The van der Waals surface area contributed by atoms with Crippen molar-refractivity contribution < 1.29 is 9.53 Å². The molecule has 0 aliphatic heterocycles. The Labute approximate surface area is 110 Å². The monoisotopic (exact) mass is 248 g/mol. The first-order valence-electron chi connectivity index (χ1n) is 6.62. The van der Waals surface area contributed by atoms with Crippen molar-refractivity contribution in [3.63, 3.8) is 0 Å². The number of rotatable bonds is 5. The number of hydrogen-bond donors (Lipinski definition) is 0. The van der Waals surface area contributed by atoms with Gasteiger partial charge >= 0.3 is 0 Å². The number of ketones is 1. The minimum atomic E-state index is 0.0477. The van der Waals surface area contributed by atoms with Gasteiger partial charge in [0.15, 0.2) is 5.78 Å². The van der Waals surface area contributed by atoms with E-state index in [1.807, 2.05) is 18.2 Å². The van der Waals surface area contributed by atoms with Crippen LogP contribution in [0.1, 0.15) is 62.9 Å². The maximum Gasteiger partial charge on any atom is 0.166 e. The molecule has 18 heavy (non-hydrogen) atoms. The molecule has 0 aromatic heterocycles. The van der Waals surface area contributed by atoms with E-state index in [0.717, 1.165) is 18.4 Å². The predicted octanol–water partition coefficient (Wildman–Crippen LogP) is 4.37. The second-order valence-corrected chi connectivity index (χ2v) is 5.69. The maximum atomic E-state index is 12.2. The fourth-order valence-electron chi connectivity index (χ4n) is 1.86. The SMILES string of the molecule is CCCCC(=O)c1cc(C(C)(C)C)ccc1OC. The highest BCUT2D eigenvalue weighted by Gasteiger charge is 2.18.